The third kappa shape index (κ3) is 5.95. The van der Waals surface area contributed by atoms with Crippen molar-refractivity contribution in [3.63, 3.8) is 0 Å². The third-order valence-electron chi connectivity index (χ3n) is 3.20. The average molecular weight is 642 g/mol. The summed E-state index contributed by atoms with van der Waals surface area (Å²) in [5, 5.41) is 11.5. The molecule has 2 aromatic rings. The monoisotopic (exact) mass is 641 g/mol. The molecule has 136 valence electrons. The molecule has 0 unspecified atom stereocenters. The van der Waals surface area contributed by atoms with Gasteiger partial charge in [0.05, 0.1) is 7.14 Å². The van der Waals surface area contributed by atoms with Crippen LogP contribution in [0.3, 0.4) is 0 Å². The molecule has 5 nitrogen and oxygen atoms in total. The van der Waals surface area contributed by atoms with Crippen molar-refractivity contribution in [1.82, 2.24) is 5.32 Å². The SMILES string of the molecule is CC(=O)N/C(=C/c1cc(I)c(OCc2ccccc2Br)c(I)c1)C(=O)O. The van der Waals surface area contributed by atoms with Crippen LogP contribution in [0.2, 0.25) is 0 Å². The molecule has 0 aliphatic carbocycles. The fraction of sp³-hybridized carbons (Fsp3) is 0.111. The Morgan fingerprint density at radius 3 is 2.38 bits per heavy atom. The lowest BCUT2D eigenvalue weighted by Crippen LogP contribution is -2.24. The number of carbonyl (C=O) groups is 2. The van der Waals surface area contributed by atoms with Crippen molar-refractivity contribution in [2.24, 2.45) is 0 Å². The van der Waals surface area contributed by atoms with Crippen LogP contribution in [-0.4, -0.2) is 17.0 Å². The maximum Gasteiger partial charge on any atom is 0.352 e. The number of carboxylic acids is 1. The van der Waals surface area contributed by atoms with E-state index >= 15 is 0 Å². The number of hydrogen-bond donors (Lipinski definition) is 2. The predicted molar refractivity (Wildman–Crippen MR) is 120 cm³/mol. The number of halogens is 3. The van der Waals surface area contributed by atoms with E-state index in [0.717, 1.165) is 22.9 Å². The molecule has 2 aromatic carbocycles. The number of carboxylic acid groups (broad SMARTS) is 1. The van der Waals surface area contributed by atoms with Crippen LogP contribution >= 0.6 is 61.1 Å². The highest BCUT2D eigenvalue weighted by molar-refractivity contribution is 14.1. The van der Waals surface area contributed by atoms with Gasteiger partial charge in [-0.05, 0) is 75.0 Å². The van der Waals surface area contributed by atoms with Gasteiger partial charge in [-0.1, -0.05) is 34.1 Å². The van der Waals surface area contributed by atoms with Crippen molar-refractivity contribution in [3.05, 3.63) is 64.8 Å². The molecule has 0 aliphatic heterocycles. The summed E-state index contributed by atoms with van der Waals surface area (Å²) in [6.07, 6.45) is 1.42. The number of rotatable bonds is 6. The lowest BCUT2D eigenvalue weighted by molar-refractivity contribution is -0.134. The molecule has 0 atom stereocenters. The van der Waals surface area contributed by atoms with Gasteiger partial charge in [0.15, 0.2) is 0 Å². The minimum absolute atomic E-state index is 0.175. The van der Waals surface area contributed by atoms with Gasteiger partial charge in [-0.15, -0.1) is 0 Å². The highest BCUT2D eigenvalue weighted by Gasteiger charge is 2.13. The first kappa shape index (κ1) is 21.2. The first-order valence-corrected chi connectivity index (χ1v) is 10.3. The lowest BCUT2D eigenvalue weighted by Gasteiger charge is -2.13. The molecular weight excluding hydrogens is 628 g/mol. The second-order valence-corrected chi connectivity index (χ2v) is 8.42. The van der Waals surface area contributed by atoms with Gasteiger partial charge >= 0.3 is 5.97 Å². The topological polar surface area (TPSA) is 75.6 Å². The zero-order chi connectivity index (χ0) is 19.3. The lowest BCUT2D eigenvalue weighted by atomic mass is 10.2. The average Bonchev–Trinajstić information content (AvgIpc) is 2.54. The summed E-state index contributed by atoms with van der Waals surface area (Å²) < 4.78 is 8.63. The summed E-state index contributed by atoms with van der Waals surface area (Å²) in [7, 11) is 0. The van der Waals surface area contributed by atoms with Crippen LogP contribution in [-0.2, 0) is 16.2 Å². The Bertz CT molecular complexity index is 860. The van der Waals surface area contributed by atoms with Gasteiger partial charge in [0.2, 0.25) is 5.91 Å². The van der Waals surface area contributed by atoms with Crippen LogP contribution in [0.25, 0.3) is 6.08 Å². The minimum atomic E-state index is -1.19. The maximum absolute atomic E-state index is 11.3. The molecule has 2 N–H and O–H groups in total. The molecule has 0 aromatic heterocycles. The van der Waals surface area contributed by atoms with Crippen LogP contribution in [0.5, 0.6) is 5.75 Å². The Kier molecular flexibility index (Phi) is 7.89. The van der Waals surface area contributed by atoms with Gasteiger partial charge in [-0.25, -0.2) is 4.79 Å². The molecule has 0 bridgehead atoms. The highest BCUT2D eigenvalue weighted by Crippen LogP contribution is 2.31. The van der Waals surface area contributed by atoms with Gasteiger partial charge in [-0.2, -0.15) is 0 Å². The second-order valence-electron chi connectivity index (χ2n) is 5.24. The van der Waals surface area contributed by atoms with Crippen molar-refractivity contribution in [1.29, 1.82) is 0 Å². The van der Waals surface area contributed by atoms with Crippen LogP contribution in [0.4, 0.5) is 0 Å². The number of aliphatic carboxylic acids is 1. The molecule has 8 heteroatoms. The number of ether oxygens (including phenoxy) is 1. The molecule has 0 spiro atoms. The van der Waals surface area contributed by atoms with E-state index in [2.05, 4.69) is 66.4 Å². The summed E-state index contributed by atoms with van der Waals surface area (Å²) in [4.78, 5) is 22.4. The number of hydrogen-bond acceptors (Lipinski definition) is 3. The maximum atomic E-state index is 11.3. The molecule has 1 amide bonds. The molecule has 0 heterocycles. The van der Waals surface area contributed by atoms with Crippen LogP contribution in [0.15, 0.2) is 46.6 Å². The van der Waals surface area contributed by atoms with Gasteiger partial charge in [0.25, 0.3) is 0 Å². The van der Waals surface area contributed by atoms with Crippen molar-refractivity contribution in [3.8, 4) is 5.75 Å². The summed E-state index contributed by atoms with van der Waals surface area (Å²) in [6, 6.07) is 11.4. The van der Waals surface area contributed by atoms with E-state index in [-0.39, 0.29) is 5.70 Å². The quantitative estimate of drug-likeness (QED) is 0.351. The Hall–Kier alpha value is -1.14. The largest absolute Gasteiger partial charge is 0.487 e. The molecule has 26 heavy (non-hydrogen) atoms. The van der Waals surface area contributed by atoms with Crippen molar-refractivity contribution in [2.45, 2.75) is 13.5 Å². The van der Waals surface area contributed by atoms with Crippen LogP contribution < -0.4 is 10.1 Å². The zero-order valence-electron chi connectivity index (χ0n) is 13.6. The molecule has 0 fully saturated rings. The molecule has 0 radical (unpaired) electrons. The van der Waals surface area contributed by atoms with E-state index in [1.54, 1.807) is 0 Å². The first-order valence-electron chi connectivity index (χ1n) is 7.35. The summed E-state index contributed by atoms with van der Waals surface area (Å²) in [6.45, 7) is 1.68. The summed E-state index contributed by atoms with van der Waals surface area (Å²) in [5.74, 6) is -0.897. The minimum Gasteiger partial charge on any atom is -0.487 e. The Morgan fingerprint density at radius 1 is 1.23 bits per heavy atom. The highest BCUT2D eigenvalue weighted by atomic mass is 127. The van der Waals surface area contributed by atoms with Gasteiger partial charge in [0, 0.05) is 17.0 Å². The smallest absolute Gasteiger partial charge is 0.352 e. The Labute approximate surface area is 186 Å². The molecule has 0 saturated carbocycles. The number of nitrogens with one attached hydrogen (secondary N) is 1. The van der Waals surface area contributed by atoms with Gasteiger partial charge in [-0.3, -0.25) is 4.79 Å². The van der Waals surface area contributed by atoms with E-state index in [1.165, 1.54) is 13.0 Å². The van der Waals surface area contributed by atoms with E-state index in [1.807, 2.05) is 36.4 Å². The zero-order valence-corrected chi connectivity index (χ0v) is 19.5. The first-order chi connectivity index (χ1) is 12.3. The van der Waals surface area contributed by atoms with Crippen LogP contribution in [0.1, 0.15) is 18.1 Å². The molecule has 0 saturated heterocycles. The Morgan fingerprint density at radius 2 is 1.85 bits per heavy atom. The molecular formula is C18H14BrI2NO4. The molecule has 2 rings (SSSR count). The van der Waals surface area contributed by atoms with Crippen molar-refractivity contribution < 1.29 is 19.4 Å². The van der Waals surface area contributed by atoms with E-state index in [0.29, 0.717) is 12.2 Å². The fourth-order valence-corrected chi connectivity index (χ4v) is 4.60. The van der Waals surface area contributed by atoms with Crippen molar-refractivity contribution in [2.75, 3.05) is 0 Å². The van der Waals surface area contributed by atoms with E-state index in [9.17, 15) is 14.7 Å². The number of benzene rings is 2. The predicted octanol–water partition coefficient (Wildman–Crippen LogP) is 4.80. The standard InChI is InChI=1S/C18H14BrI2NO4/c1-10(23)22-16(18(24)25)8-11-6-14(20)17(15(21)7-11)26-9-12-4-2-3-5-13(12)19/h2-8H,9H2,1H3,(H,22,23)(H,24,25)/b16-8+. The summed E-state index contributed by atoms with van der Waals surface area (Å²) >= 11 is 7.79. The van der Waals surface area contributed by atoms with Crippen molar-refractivity contribution >= 4 is 79.1 Å². The number of amides is 1. The Balaban J connectivity index is 2.26. The fourth-order valence-electron chi connectivity index (χ4n) is 2.07. The van der Waals surface area contributed by atoms with Gasteiger partial charge in [0.1, 0.15) is 18.1 Å². The van der Waals surface area contributed by atoms with Gasteiger partial charge < -0.3 is 15.2 Å². The molecule has 0 aliphatic rings. The second kappa shape index (κ2) is 9.70. The third-order valence-corrected chi connectivity index (χ3v) is 5.58. The summed E-state index contributed by atoms with van der Waals surface area (Å²) in [5.41, 5.74) is 1.52. The van der Waals surface area contributed by atoms with Crippen LogP contribution in [0, 0.1) is 7.14 Å². The van der Waals surface area contributed by atoms with E-state index in [4.69, 9.17) is 4.74 Å². The normalized spacial score (nSPS) is 11.2. The number of carbonyl (C=O) groups excluding carboxylic acids is 1. The van der Waals surface area contributed by atoms with E-state index < -0.39 is 11.9 Å².